The fraction of sp³-hybridized carbons (Fsp3) is 0.500. The van der Waals surface area contributed by atoms with Gasteiger partial charge in [0.05, 0.1) is 6.20 Å². The molecular formula is C6H10N4S. The lowest BCUT2D eigenvalue weighted by molar-refractivity contribution is 0.514. The molecule has 0 aliphatic carbocycles. The third kappa shape index (κ3) is 1.74. The van der Waals surface area contributed by atoms with Crippen molar-refractivity contribution < 1.29 is 0 Å². The van der Waals surface area contributed by atoms with Gasteiger partial charge < -0.3 is 5.73 Å². The highest BCUT2D eigenvalue weighted by Crippen LogP contribution is 2.01. The monoisotopic (exact) mass is 170 g/mol. The van der Waals surface area contributed by atoms with Crippen LogP contribution >= 0.6 is 12.2 Å². The zero-order chi connectivity index (χ0) is 8.43. The largest absolute Gasteiger partial charge is 0.388 e. The van der Waals surface area contributed by atoms with Crippen LogP contribution in [0.3, 0.4) is 0 Å². The molecule has 1 rings (SSSR count). The van der Waals surface area contributed by atoms with Gasteiger partial charge in [0, 0.05) is 6.04 Å². The summed E-state index contributed by atoms with van der Waals surface area (Å²) in [4.78, 5) is 0.289. The summed E-state index contributed by atoms with van der Waals surface area (Å²) < 4.78 is 1.72. The third-order valence-electron chi connectivity index (χ3n) is 1.29. The molecule has 1 aromatic heterocycles. The minimum Gasteiger partial charge on any atom is -0.388 e. The topological polar surface area (TPSA) is 56.7 Å². The minimum atomic E-state index is 0.289. The molecule has 4 nitrogen and oxygen atoms in total. The molecule has 0 unspecified atom stereocenters. The molecule has 0 spiro atoms. The van der Waals surface area contributed by atoms with Crippen LogP contribution in [0.25, 0.3) is 0 Å². The van der Waals surface area contributed by atoms with Crippen LogP contribution in [-0.2, 0) is 0 Å². The van der Waals surface area contributed by atoms with E-state index < -0.39 is 0 Å². The van der Waals surface area contributed by atoms with Crippen molar-refractivity contribution >= 4 is 17.2 Å². The highest BCUT2D eigenvalue weighted by atomic mass is 32.1. The van der Waals surface area contributed by atoms with Crippen LogP contribution in [0.4, 0.5) is 0 Å². The van der Waals surface area contributed by atoms with Crippen LogP contribution in [0, 0.1) is 0 Å². The van der Waals surface area contributed by atoms with E-state index in [1.807, 2.05) is 13.8 Å². The number of hydrogen-bond acceptors (Lipinski definition) is 3. The average Bonchev–Trinajstić information content (AvgIpc) is 2.33. The van der Waals surface area contributed by atoms with Crippen LogP contribution in [0.5, 0.6) is 0 Å². The van der Waals surface area contributed by atoms with Crippen LogP contribution in [0.1, 0.15) is 25.6 Å². The van der Waals surface area contributed by atoms with Crippen molar-refractivity contribution in [2.45, 2.75) is 19.9 Å². The molecule has 0 atom stereocenters. The zero-order valence-electron chi connectivity index (χ0n) is 6.48. The Morgan fingerprint density at radius 3 is 2.64 bits per heavy atom. The van der Waals surface area contributed by atoms with E-state index in [2.05, 4.69) is 10.3 Å². The summed E-state index contributed by atoms with van der Waals surface area (Å²) in [6.07, 6.45) is 1.74. The number of aromatic nitrogens is 3. The fourth-order valence-electron chi connectivity index (χ4n) is 0.642. The van der Waals surface area contributed by atoms with Gasteiger partial charge in [-0.3, -0.25) is 0 Å². The molecule has 0 saturated heterocycles. The molecule has 2 N–H and O–H groups in total. The molecule has 0 aliphatic rings. The standard InChI is InChI=1S/C6H10N4S/c1-4(2)10-3-5(6(7)11)8-9-10/h3-4H,1-2H3,(H2,7,11). The van der Waals surface area contributed by atoms with E-state index in [-0.39, 0.29) is 4.99 Å². The highest BCUT2D eigenvalue weighted by Gasteiger charge is 2.04. The highest BCUT2D eigenvalue weighted by molar-refractivity contribution is 7.80. The first-order chi connectivity index (χ1) is 5.11. The second-order valence-electron chi connectivity index (χ2n) is 2.54. The van der Waals surface area contributed by atoms with Gasteiger partial charge in [-0.05, 0) is 13.8 Å². The van der Waals surface area contributed by atoms with E-state index in [1.54, 1.807) is 10.9 Å². The fourth-order valence-corrected chi connectivity index (χ4v) is 0.736. The predicted octanol–water partition coefficient (Wildman–Crippen LogP) is 0.493. The summed E-state index contributed by atoms with van der Waals surface area (Å²) in [5, 5.41) is 7.62. The summed E-state index contributed by atoms with van der Waals surface area (Å²) in [7, 11) is 0. The Morgan fingerprint density at radius 2 is 2.36 bits per heavy atom. The summed E-state index contributed by atoms with van der Waals surface area (Å²) in [5.74, 6) is 0. The predicted molar refractivity (Wildman–Crippen MR) is 46.3 cm³/mol. The van der Waals surface area contributed by atoms with Crippen molar-refractivity contribution in [3.63, 3.8) is 0 Å². The van der Waals surface area contributed by atoms with Gasteiger partial charge >= 0.3 is 0 Å². The molecule has 0 fully saturated rings. The second-order valence-corrected chi connectivity index (χ2v) is 2.98. The molecule has 5 heteroatoms. The number of thiocarbonyl (C=S) groups is 1. The van der Waals surface area contributed by atoms with Gasteiger partial charge in [0.15, 0.2) is 0 Å². The Labute approximate surface area is 70.4 Å². The van der Waals surface area contributed by atoms with E-state index in [1.165, 1.54) is 0 Å². The van der Waals surface area contributed by atoms with Gasteiger partial charge in [0.1, 0.15) is 10.7 Å². The van der Waals surface area contributed by atoms with Crippen molar-refractivity contribution in [2.24, 2.45) is 5.73 Å². The number of nitrogens with zero attached hydrogens (tertiary/aromatic N) is 3. The maximum absolute atomic E-state index is 5.34. The first-order valence-electron chi connectivity index (χ1n) is 3.33. The van der Waals surface area contributed by atoms with Gasteiger partial charge in [-0.25, -0.2) is 4.68 Å². The summed E-state index contributed by atoms with van der Waals surface area (Å²) >= 11 is 4.72. The van der Waals surface area contributed by atoms with Crippen molar-refractivity contribution in [2.75, 3.05) is 0 Å². The van der Waals surface area contributed by atoms with Gasteiger partial charge in [-0.15, -0.1) is 5.10 Å². The van der Waals surface area contributed by atoms with E-state index in [0.717, 1.165) is 0 Å². The third-order valence-corrected chi connectivity index (χ3v) is 1.50. The van der Waals surface area contributed by atoms with Gasteiger partial charge in [-0.1, -0.05) is 17.4 Å². The molecule has 0 aliphatic heterocycles. The lowest BCUT2D eigenvalue weighted by Crippen LogP contribution is -2.09. The van der Waals surface area contributed by atoms with Gasteiger partial charge in [0.2, 0.25) is 0 Å². The Kier molecular flexibility index (Phi) is 2.19. The molecule has 1 heterocycles. The molecule has 0 saturated carbocycles. The molecule has 1 aromatic rings. The first kappa shape index (κ1) is 8.13. The minimum absolute atomic E-state index is 0.289. The maximum Gasteiger partial charge on any atom is 0.139 e. The Balaban J connectivity index is 2.90. The molecule has 0 aromatic carbocycles. The van der Waals surface area contributed by atoms with Crippen LogP contribution in [0.15, 0.2) is 6.20 Å². The van der Waals surface area contributed by atoms with Crippen molar-refractivity contribution in [3.05, 3.63) is 11.9 Å². The molecule has 11 heavy (non-hydrogen) atoms. The SMILES string of the molecule is CC(C)n1cc(C(N)=S)nn1. The molecule has 0 radical (unpaired) electrons. The van der Waals surface area contributed by atoms with Crippen LogP contribution in [0.2, 0.25) is 0 Å². The second kappa shape index (κ2) is 2.96. The summed E-state index contributed by atoms with van der Waals surface area (Å²) in [6.45, 7) is 4.02. The van der Waals surface area contributed by atoms with Crippen molar-refractivity contribution in [1.29, 1.82) is 0 Å². The number of nitrogens with two attached hydrogens (primary N) is 1. The van der Waals surface area contributed by atoms with E-state index >= 15 is 0 Å². The molecule has 0 amide bonds. The number of rotatable bonds is 2. The quantitative estimate of drug-likeness (QED) is 0.656. The van der Waals surface area contributed by atoms with E-state index in [9.17, 15) is 0 Å². The maximum atomic E-state index is 5.34. The number of hydrogen-bond donors (Lipinski definition) is 1. The van der Waals surface area contributed by atoms with E-state index in [4.69, 9.17) is 18.0 Å². The van der Waals surface area contributed by atoms with Crippen LogP contribution < -0.4 is 5.73 Å². The Morgan fingerprint density at radius 1 is 1.73 bits per heavy atom. The zero-order valence-corrected chi connectivity index (χ0v) is 7.30. The molecule has 60 valence electrons. The molecule has 0 bridgehead atoms. The summed E-state index contributed by atoms with van der Waals surface area (Å²) in [5.41, 5.74) is 5.92. The summed E-state index contributed by atoms with van der Waals surface area (Å²) in [6, 6.07) is 0.297. The van der Waals surface area contributed by atoms with Crippen molar-refractivity contribution in [1.82, 2.24) is 15.0 Å². The lowest BCUT2D eigenvalue weighted by atomic mass is 10.4. The smallest absolute Gasteiger partial charge is 0.139 e. The van der Waals surface area contributed by atoms with Gasteiger partial charge in [-0.2, -0.15) is 0 Å². The Bertz CT molecular complexity index is 265. The Hall–Kier alpha value is -0.970. The lowest BCUT2D eigenvalue weighted by Gasteiger charge is -2.00. The van der Waals surface area contributed by atoms with E-state index in [0.29, 0.717) is 11.7 Å². The van der Waals surface area contributed by atoms with Gasteiger partial charge in [0.25, 0.3) is 0 Å². The molecular weight excluding hydrogens is 160 g/mol. The van der Waals surface area contributed by atoms with Crippen LogP contribution in [-0.4, -0.2) is 20.0 Å². The first-order valence-corrected chi connectivity index (χ1v) is 3.73. The van der Waals surface area contributed by atoms with Crippen molar-refractivity contribution in [3.8, 4) is 0 Å². The normalized spacial score (nSPS) is 10.5. The average molecular weight is 170 g/mol.